The second kappa shape index (κ2) is 15.5. The fraction of sp³-hybridized carbons (Fsp3) is 1.00. The molecule has 2 unspecified atom stereocenters. The molecule has 0 aromatic heterocycles. The predicted molar refractivity (Wildman–Crippen MR) is 106 cm³/mol. The van der Waals surface area contributed by atoms with Crippen LogP contribution in [0.15, 0.2) is 0 Å². The number of likely N-dealkylation sites (tertiary alicyclic amines) is 1. The molecule has 1 aliphatic heterocycles. The normalized spacial score (nSPS) is 20.1. The van der Waals surface area contributed by atoms with Crippen LogP contribution in [0.2, 0.25) is 0 Å². The van der Waals surface area contributed by atoms with E-state index in [2.05, 4.69) is 13.8 Å². The molecule has 0 aromatic carbocycles. The van der Waals surface area contributed by atoms with Gasteiger partial charge < -0.3 is 9.45 Å². The van der Waals surface area contributed by atoms with Gasteiger partial charge in [-0.15, -0.1) is 0 Å². The largest absolute Gasteiger partial charge is 0.741 e. The Kier molecular flexibility index (Phi) is 15.3. The van der Waals surface area contributed by atoms with E-state index in [0.29, 0.717) is 0 Å². The van der Waals surface area contributed by atoms with Gasteiger partial charge in [-0.3, -0.25) is 0 Å². The number of alkyl halides is 3. The van der Waals surface area contributed by atoms with Crippen LogP contribution >= 0.6 is 0 Å². The molecule has 1 N–H and O–H groups in total. The third kappa shape index (κ3) is 13.8. The minimum Gasteiger partial charge on any atom is -0.741 e. The number of hydrogen-bond acceptors (Lipinski definition) is 3. The topological polar surface area (TPSA) is 61.6 Å². The Morgan fingerprint density at radius 2 is 1.36 bits per heavy atom. The summed E-state index contributed by atoms with van der Waals surface area (Å²) in [7, 11) is -6.09. The smallest absolute Gasteiger partial charge is 0.485 e. The van der Waals surface area contributed by atoms with Crippen LogP contribution in [0.1, 0.15) is 104 Å². The van der Waals surface area contributed by atoms with E-state index in [0.717, 1.165) is 6.04 Å². The van der Waals surface area contributed by atoms with Gasteiger partial charge in [0.15, 0.2) is 10.1 Å². The first-order chi connectivity index (χ1) is 13.1. The van der Waals surface area contributed by atoms with Gasteiger partial charge in [0.05, 0.1) is 19.1 Å². The minimum atomic E-state index is -6.09. The Hall–Kier alpha value is -0.340. The first-order valence-corrected chi connectivity index (χ1v) is 12.4. The molecule has 4 nitrogen and oxygen atoms in total. The zero-order chi connectivity index (χ0) is 21.5. The standard InChI is InChI=1S/C19H39N.CHF3O3S/c1-3-5-7-8-9-10-11-12-13-17-20-18-14-16-19(20)15-6-4-2;2-1(3,4)8(5,6)7/h19H,3-18H2,1-2H3;(H,5,6,7). The van der Waals surface area contributed by atoms with Gasteiger partial charge in [0, 0.05) is 12.8 Å². The molecule has 1 fully saturated rings. The van der Waals surface area contributed by atoms with Gasteiger partial charge in [-0.25, -0.2) is 8.42 Å². The lowest BCUT2D eigenvalue weighted by Crippen LogP contribution is -3.13. The van der Waals surface area contributed by atoms with Gasteiger partial charge in [0.2, 0.25) is 0 Å². The first-order valence-electron chi connectivity index (χ1n) is 11.0. The molecule has 1 saturated heterocycles. The average molecular weight is 432 g/mol. The molecule has 0 saturated carbocycles. The van der Waals surface area contributed by atoms with E-state index in [-0.39, 0.29) is 0 Å². The number of nitrogens with one attached hydrogen (secondary N) is 1. The maximum Gasteiger partial charge on any atom is 0.485 e. The quantitative estimate of drug-likeness (QED) is 0.259. The molecule has 0 aliphatic carbocycles. The Morgan fingerprint density at radius 1 is 0.893 bits per heavy atom. The van der Waals surface area contributed by atoms with Gasteiger partial charge in [-0.1, -0.05) is 65.2 Å². The van der Waals surface area contributed by atoms with Crippen molar-refractivity contribution in [3.05, 3.63) is 0 Å². The van der Waals surface area contributed by atoms with Crippen molar-refractivity contribution >= 4 is 10.1 Å². The molecule has 1 aliphatic rings. The Bertz CT molecular complexity index is 470. The summed E-state index contributed by atoms with van der Waals surface area (Å²) >= 11 is 0. The van der Waals surface area contributed by atoms with E-state index < -0.39 is 15.6 Å². The van der Waals surface area contributed by atoms with Gasteiger partial charge in [-0.2, -0.15) is 13.2 Å². The molecule has 1 rings (SSSR count). The van der Waals surface area contributed by atoms with E-state index in [9.17, 15) is 13.2 Å². The summed E-state index contributed by atoms with van der Waals surface area (Å²) in [6.45, 7) is 7.55. The highest BCUT2D eigenvalue weighted by Gasteiger charge is 2.36. The summed E-state index contributed by atoms with van der Waals surface area (Å²) in [5.41, 5.74) is -5.65. The summed E-state index contributed by atoms with van der Waals surface area (Å²) in [4.78, 5) is 1.95. The van der Waals surface area contributed by atoms with Gasteiger partial charge >= 0.3 is 5.51 Å². The van der Waals surface area contributed by atoms with Crippen LogP contribution in [0, 0.1) is 0 Å². The third-order valence-corrected chi connectivity index (χ3v) is 5.99. The van der Waals surface area contributed by atoms with Crippen LogP contribution < -0.4 is 4.90 Å². The van der Waals surface area contributed by atoms with Crippen molar-refractivity contribution in [2.24, 2.45) is 0 Å². The Balaban J connectivity index is 0.000000769. The molecule has 1 heterocycles. The summed E-state index contributed by atoms with van der Waals surface area (Å²) < 4.78 is 58.9. The zero-order valence-corrected chi connectivity index (χ0v) is 18.5. The van der Waals surface area contributed by atoms with Crippen LogP contribution in [0.3, 0.4) is 0 Å². The van der Waals surface area contributed by atoms with E-state index in [4.69, 9.17) is 13.0 Å². The fourth-order valence-corrected chi connectivity index (χ4v) is 3.77. The molecular formula is C20H40F3NO3S. The number of unbranched alkanes of at least 4 members (excludes halogenated alkanes) is 9. The predicted octanol–water partition coefficient (Wildman–Crippen LogP) is 4.81. The highest BCUT2D eigenvalue weighted by Crippen LogP contribution is 2.20. The van der Waals surface area contributed by atoms with Crippen LogP contribution in [0.4, 0.5) is 13.2 Å². The first kappa shape index (κ1) is 27.7. The maximum atomic E-state index is 10.7. The van der Waals surface area contributed by atoms with Crippen molar-refractivity contribution in [3.63, 3.8) is 0 Å². The zero-order valence-electron chi connectivity index (χ0n) is 17.7. The van der Waals surface area contributed by atoms with E-state index in [1.807, 2.05) is 4.90 Å². The van der Waals surface area contributed by atoms with Crippen LogP contribution in [-0.2, 0) is 10.1 Å². The number of halogens is 3. The molecular weight excluding hydrogens is 391 g/mol. The molecule has 28 heavy (non-hydrogen) atoms. The molecule has 8 heteroatoms. The van der Waals surface area contributed by atoms with Crippen LogP contribution in [0.25, 0.3) is 0 Å². The van der Waals surface area contributed by atoms with Crippen molar-refractivity contribution < 1.29 is 31.0 Å². The molecule has 0 amide bonds. The number of rotatable bonds is 13. The average Bonchev–Trinajstić information content (AvgIpc) is 3.04. The van der Waals surface area contributed by atoms with Crippen molar-refractivity contribution in [3.8, 4) is 0 Å². The molecule has 0 radical (unpaired) electrons. The number of hydrogen-bond donors (Lipinski definition) is 1. The minimum absolute atomic E-state index is 1.02. The molecule has 0 aromatic rings. The molecule has 2 atom stereocenters. The van der Waals surface area contributed by atoms with Gasteiger partial charge in [0.25, 0.3) is 0 Å². The molecule has 170 valence electrons. The lowest BCUT2D eigenvalue weighted by atomic mass is 10.1. The lowest BCUT2D eigenvalue weighted by Gasteiger charge is -2.21. The van der Waals surface area contributed by atoms with Crippen LogP contribution in [0.5, 0.6) is 0 Å². The molecule has 0 spiro atoms. The van der Waals surface area contributed by atoms with Crippen molar-refractivity contribution in [2.45, 2.75) is 115 Å². The summed E-state index contributed by atoms with van der Waals surface area (Å²) in [5.74, 6) is 0. The van der Waals surface area contributed by atoms with Crippen molar-refractivity contribution in [1.82, 2.24) is 0 Å². The highest BCUT2D eigenvalue weighted by molar-refractivity contribution is 7.86. The Labute approximate surface area is 170 Å². The summed E-state index contributed by atoms with van der Waals surface area (Å²) in [5, 5.41) is 0. The fourth-order valence-electron chi connectivity index (χ4n) is 3.77. The number of quaternary nitrogens is 1. The monoisotopic (exact) mass is 431 g/mol. The summed E-state index contributed by atoms with van der Waals surface area (Å²) in [6, 6.07) is 1.02. The lowest BCUT2D eigenvalue weighted by molar-refractivity contribution is -0.912. The van der Waals surface area contributed by atoms with E-state index in [1.165, 1.54) is 103 Å². The van der Waals surface area contributed by atoms with Gasteiger partial charge in [0.1, 0.15) is 0 Å². The molecule has 0 bridgehead atoms. The highest BCUT2D eigenvalue weighted by atomic mass is 32.2. The second-order valence-corrected chi connectivity index (χ2v) is 9.24. The van der Waals surface area contributed by atoms with Crippen LogP contribution in [-0.4, -0.2) is 37.6 Å². The second-order valence-electron chi connectivity index (χ2n) is 7.87. The SMILES string of the molecule is CCCCCCCCCCC[NH+]1CCCC1CCCC.O=S(=O)([O-])C(F)(F)F. The van der Waals surface area contributed by atoms with E-state index in [1.54, 1.807) is 0 Å². The van der Waals surface area contributed by atoms with Crippen molar-refractivity contribution in [2.75, 3.05) is 13.1 Å². The van der Waals surface area contributed by atoms with Crippen molar-refractivity contribution in [1.29, 1.82) is 0 Å². The maximum absolute atomic E-state index is 10.7. The third-order valence-electron chi connectivity index (χ3n) is 5.42. The Morgan fingerprint density at radius 3 is 1.82 bits per heavy atom. The van der Waals surface area contributed by atoms with E-state index >= 15 is 0 Å². The van der Waals surface area contributed by atoms with Gasteiger partial charge in [-0.05, 0) is 25.7 Å². The summed E-state index contributed by atoms with van der Waals surface area (Å²) in [6.07, 6.45) is 20.5.